The van der Waals surface area contributed by atoms with Gasteiger partial charge in [-0.05, 0) is 23.8 Å². The molecular weight excluding hydrogens is 301 g/mol. The number of hydrogen-bond acceptors (Lipinski definition) is 3. The lowest BCUT2D eigenvalue weighted by atomic mass is 10.1. The second kappa shape index (κ2) is 6.40. The molecular formula is C17H16FNO2S. The van der Waals surface area contributed by atoms with E-state index >= 15 is 0 Å². The number of para-hydroxylation sites is 1. The molecule has 2 aromatic rings. The lowest BCUT2D eigenvalue weighted by molar-refractivity contribution is -0.128. The van der Waals surface area contributed by atoms with E-state index in [2.05, 4.69) is 0 Å². The average Bonchev–Trinajstić information content (AvgIpc) is 2.90. The van der Waals surface area contributed by atoms with Gasteiger partial charge in [0.1, 0.15) is 16.9 Å². The molecule has 1 amide bonds. The van der Waals surface area contributed by atoms with Crippen molar-refractivity contribution in [2.75, 3.05) is 12.9 Å². The number of nitrogens with zero attached hydrogens (tertiary/aromatic N) is 1. The monoisotopic (exact) mass is 317 g/mol. The molecule has 1 heterocycles. The van der Waals surface area contributed by atoms with Crippen LogP contribution in [0.3, 0.4) is 0 Å². The summed E-state index contributed by atoms with van der Waals surface area (Å²) in [7, 11) is 1.63. The van der Waals surface area contributed by atoms with E-state index in [1.165, 1.54) is 12.1 Å². The highest BCUT2D eigenvalue weighted by Gasteiger charge is 2.34. The topological polar surface area (TPSA) is 29.5 Å². The van der Waals surface area contributed by atoms with Crippen molar-refractivity contribution >= 4 is 17.7 Å². The number of carbonyl (C=O) groups excluding carboxylic acids is 1. The number of ether oxygens (including phenoxy) is 1. The van der Waals surface area contributed by atoms with Gasteiger partial charge in [-0.1, -0.05) is 30.3 Å². The van der Waals surface area contributed by atoms with Crippen molar-refractivity contribution in [3.8, 4) is 5.75 Å². The Morgan fingerprint density at radius 2 is 1.95 bits per heavy atom. The van der Waals surface area contributed by atoms with Gasteiger partial charge in [0.05, 0.1) is 12.9 Å². The van der Waals surface area contributed by atoms with Crippen LogP contribution in [0.25, 0.3) is 0 Å². The van der Waals surface area contributed by atoms with Gasteiger partial charge < -0.3 is 9.64 Å². The Balaban J connectivity index is 1.87. The first-order chi connectivity index (χ1) is 10.7. The van der Waals surface area contributed by atoms with Gasteiger partial charge in [-0.15, -0.1) is 11.8 Å². The molecule has 2 aromatic carbocycles. The molecule has 5 heteroatoms. The highest BCUT2D eigenvalue weighted by atomic mass is 32.2. The van der Waals surface area contributed by atoms with Crippen LogP contribution in [0.15, 0.2) is 48.5 Å². The number of rotatable bonds is 4. The van der Waals surface area contributed by atoms with Crippen LogP contribution in [0.4, 0.5) is 4.39 Å². The van der Waals surface area contributed by atoms with Crippen LogP contribution in [0.5, 0.6) is 5.75 Å². The van der Waals surface area contributed by atoms with Crippen molar-refractivity contribution in [3.05, 3.63) is 65.5 Å². The molecule has 0 aliphatic carbocycles. The average molecular weight is 317 g/mol. The van der Waals surface area contributed by atoms with Gasteiger partial charge in [-0.25, -0.2) is 4.39 Å². The minimum atomic E-state index is -0.271. The summed E-state index contributed by atoms with van der Waals surface area (Å²) in [5, 5.41) is -0.0753. The van der Waals surface area contributed by atoms with Gasteiger partial charge in [0.25, 0.3) is 0 Å². The number of thioether (sulfide) groups is 1. The zero-order valence-electron chi connectivity index (χ0n) is 12.2. The van der Waals surface area contributed by atoms with E-state index < -0.39 is 0 Å². The second-order valence-corrected chi connectivity index (χ2v) is 6.12. The molecule has 1 saturated heterocycles. The van der Waals surface area contributed by atoms with Crippen LogP contribution >= 0.6 is 11.8 Å². The predicted molar refractivity (Wildman–Crippen MR) is 85.1 cm³/mol. The molecule has 1 atom stereocenters. The molecule has 1 fully saturated rings. The molecule has 114 valence electrons. The molecule has 0 saturated carbocycles. The lowest BCUT2D eigenvalue weighted by Crippen LogP contribution is -2.27. The van der Waals surface area contributed by atoms with Crippen molar-refractivity contribution in [3.63, 3.8) is 0 Å². The van der Waals surface area contributed by atoms with Gasteiger partial charge >= 0.3 is 0 Å². The van der Waals surface area contributed by atoms with Crippen LogP contribution < -0.4 is 4.74 Å². The fourth-order valence-corrected chi connectivity index (χ4v) is 3.75. The summed E-state index contributed by atoms with van der Waals surface area (Å²) in [5.74, 6) is 1.04. The number of carbonyl (C=O) groups is 1. The third-order valence-corrected chi connectivity index (χ3v) is 4.88. The molecule has 3 rings (SSSR count). The molecule has 22 heavy (non-hydrogen) atoms. The van der Waals surface area contributed by atoms with E-state index in [0.29, 0.717) is 12.3 Å². The first kappa shape index (κ1) is 14.9. The van der Waals surface area contributed by atoms with Gasteiger partial charge in [-0.2, -0.15) is 0 Å². The molecule has 1 unspecified atom stereocenters. The summed E-state index contributed by atoms with van der Waals surface area (Å²) in [6.45, 7) is 0.467. The number of methoxy groups -OCH3 is 1. The third kappa shape index (κ3) is 2.95. The Kier molecular flexibility index (Phi) is 4.34. The second-order valence-electron chi connectivity index (χ2n) is 5.05. The molecule has 0 bridgehead atoms. The van der Waals surface area contributed by atoms with Crippen molar-refractivity contribution in [1.29, 1.82) is 0 Å². The maximum Gasteiger partial charge on any atom is 0.234 e. The Labute approximate surface area is 133 Å². The van der Waals surface area contributed by atoms with Gasteiger partial charge in [0, 0.05) is 12.1 Å². The molecule has 1 aliphatic heterocycles. The zero-order valence-corrected chi connectivity index (χ0v) is 13.0. The van der Waals surface area contributed by atoms with E-state index in [1.54, 1.807) is 31.0 Å². The summed E-state index contributed by atoms with van der Waals surface area (Å²) in [4.78, 5) is 14.0. The minimum absolute atomic E-state index is 0.0753. The Morgan fingerprint density at radius 3 is 2.68 bits per heavy atom. The van der Waals surface area contributed by atoms with Crippen molar-refractivity contribution < 1.29 is 13.9 Å². The van der Waals surface area contributed by atoms with E-state index in [4.69, 9.17) is 4.74 Å². The lowest BCUT2D eigenvalue weighted by Gasteiger charge is -2.25. The Bertz CT molecular complexity index is 675. The van der Waals surface area contributed by atoms with Crippen LogP contribution in [-0.2, 0) is 11.3 Å². The minimum Gasteiger partial charge on any atom is -0.496 e. The van der Waals surface area contributed by atoms with E-state index in [9.17, 15) is 9.18 Å². The van der Waals surface area contributed by atoms with E-state index in [0.717, 1.165) is 16.9 Å². The van der Waals surface area contributed by atoms with Crippen LogP contribution in [0.1, 0.15) is 16.5 Å². The Hall–Kier alpha value is -2.01. The van der Waals surface area contributed by atoms with E-state index in [-0.39, 0.29) is 17.1 Å². The molecule has 1 aliphatic rings. The van der Waals surface area contributed by atoms with Gasteiger partial charge in [-0.3, -0.25) is 4.79 Å². The molecule has 3 nitrogen and oxygen atoms in total. The molecule has 0 radical (unpaired) electrons. The van der Waals surface area contributed by atoms with Crippen molar-refractivity contribution in [2.45, 2.75) is 11.9 Å². The van der Waals surface area contributed by atoms with Gasteiger partial charge in [0.2, 0.25) is 5.91 Å². The number of halogens is 1. The standard InChI is InChI=1S/C17H16FNO2S/c1-21-15-5-3-2-4-14(15)17-19(16(20)11-22-17)10-12-6-8-13(18)9-7-12/h2-9,17H,10-11H2,1H3. The predicted octanol–water partition coefficient (Wildman–Crippen LogP) is 3.61. The summed E-state index contributed by atoms with van der Waals surface area (Å²) in [6.07, 6.45) is 0. The molecule has 0 aromatic heterocycles. The number of hydrogen-bond donors (Lipinski definition) is 0. The highest BCUT2D eigenvalue weighted by Crippen LogP contribution is 2.42. The zero-order chi connectivity index (χ0) is 15.5. The number of benzene rings is 2. The van der Waals surface area contributed by atoms with E-state index in [1.807, 2.05) is 29.2 Å². The summed E-state index contributed by atoms with van der Waals surface area (Å²) in [5.41, 5.74) is 1.90. The quantitative estimate of drug-likeness (QED) is 0.863. The fourth-order valence-electron chi connectivity index (χ4n) is 2.54. The molecule has 0 spiro atoms. The maximum atomic E-state index is 13.0. The SMILES string of the molecule is COc1ccccc1C1SCC(=O)N1Cc1ccc(F)cc1. The normalized spacial score (nSPS) is 17.8. The van der Waals surface area contributed by atoms with Crippen LogP contribution in [0.2, 0.25) is 0 Å². The fraction of sp³-hybridized carbons (Fsp3) is 0.235. The smallest absolute Gasteiger partial charge is 0.234 e. The largest absolute Gasteiger partial charge is 0.496 e. The van der Waals surface area contributed by atoms with Gasteiger partial charge in [0.15, 0.2) is 0 Å². The highest BCUT2D eigenvalue weighted by molar-refractivity contribution is 8.00. The Morgan fingerprint density at radius 1 is 1.23 bits per heavy atom. The molecule has 0 N–H and O–H groups in total. The van der Waals surface area contributed by atoms with Crippen LogP contribution in [0, 0.1) is 5.82 Å². The summed E-state index contributed by atoms with van der Waals surface area (Å²) < 4.78 is 18.4. The number of amides is 1. The first-order valence-corrected chi connectivity index (χ1v) is 8.02. The third-order valence-electron chi connectivity index (χ3n) is 3.64. The maximum absolute atomic E-state index is 13.0. The summed E-state index contributed by atoms with van der Waals surface area (Å²) >= 11 is 1.59. The van der Waals surface area contributed by atoms with Crippen molar-refractivity contribution in [1.82, 2.24) is 4.90 Å². The van der Waals surface area contributed by atoms with Crippen LogP contribution in [-0.4, -0.2) is 23.7 Å². The first-order valence-electron chi connectivity index (χ1n) is 6.97. The van der Waals surface area contributed by atoms with Crippen molar-refractivity contribution in [2.24, 2.45) is 0 Å². The summed E-state index contributed by atoms with van der Waals surface area (Å²) in [6, 6.07) is 14.0.